The van der Waals surface area contributed by atoms with Crippen LogP contribution >= 0.6 is 0 Å². The fourth-order valence-electron chi connectivity index (χ4n) is 1.09. The quantitative estimate of drug-likeness (QED) is 0.629. The maximum Gasteiger partial charge on any atom is 0.411 e. The van der Waals surface area contributed by atoms with Gasteiger partial charge in [0, 0.05) is 17.2 Å². The molecule has 5 heteroatoms. The zero-order valence-electron chi connectivity index (χ0n) is 9.47. The van der Waals surface area contributed by atoms with Gasteiger partial charge in [-0.25, -0.2) is 9.59 Å². The molecule has 0 radical (unpaired) electrons. The molecule has 1 aromatic rings. The van der Waals surface area contributed by atoms with Crippen LogP contribution in [0.25, 0.3) is 0 Å². The number of benzene rings is 1. The molecule has 18 heavy (non-hydrogen) atoms. The molecule has 1 aromatic carbocycles. The molecule has 0 unspecified atom stereocenters. The Kier molecular flexibility index (Phi) is 5.00. The van der Waals surface area contributed by atoms with E-state index in [1.165, 1.54) is 6.08 Å². The summed E-state index contributed by atoms with van der Waals surface area (Å²) in [6, 6.07) is 6.47. The highest BCUT2D eigenvalue weighted by Gasteiger charge is 2.01. The van der Waals surface area contributed by atoms with Crippen LogP contribution in [0.1, 0.15) is 5.56 Å². The summed E-state index contributed by atoms with van der Waals surface area (Å²) in [5.74, 6) is 3.22. The van der Waals surface area contributed by atoms with Gasteiger partial charge < -0.3 is 9.84 Å². The third-order valence-corrected chi connectivity index (χ3v) is 1.76. The van der Waals surface area contributed by atoms with E-state index >= 15 is 0 Å². The van der Waals surface area contributed by atoms with E-state index in [0.717, 1.165) is 0 Å². The van der Waals surface area contributed by atoms with Crippen LogP contribution in [0.2, 0.25) is 0 Å². The zero-order valence-corrected chi connectivity index (χ0v) is 9.47. The Labute approximate surface area is 104 Å². The molecule has 0 aromatic heterocycles. The Balaban J connectivity index is 2.71. The Morgan fingerprint density at radius 2 is 2.28 bits per heavy atom. The lowest BCUT2D eigenvalue weighted by Crippen LogP contribution is -2.13. The van der Waals surface area contributed by atoms with Gasteiger partial charge in [0.05, 0.1) is 0 Å². The van der Waals surface area contributed by atoms with Crippen LogP contribution < -0.4 is 5.32 Å². The number of carbonyl (C=O) groups excluding carboxylic acids is 1. The number of anilines is 1. The topological polar surface area (TPSA) is 75.6 Å². The highest BCUT2D eigenvalue weighted by molar-refractivity contribution is 5.88. The molecule has 0 spiro atoms. The maximum atomic E-state index is 11.2. The molecule has 1 amide bonds. The molecule has 1 rings (SSSR count). The third kappa shape index (κ3) is 4.86. The van der Waals surface area contributed by atoms with Gasteiger partial charge in [-0.1, -0.05) is 24.6 Å². The molecule has 0 aliphatic carbocycles. The fourth-order valence-corrected chi connectivity index (χ4v) is 1.09. The summed E-state index contributed by atoms with van der Waals surface area (Å²) in [6.45, 7) is 3.53. The third-order valence-electron chi connectivity index (χ3n) is 1.76. The van der Waals surface area contributed by atoms with Crippen LogP contribution in [0.3, 0.4) is 0 Å². The van der Waals surface area contributed by atoms with Gasteiger partial charge in [-0.2, -0.15) is 0 Å². The number of carboxylic acids is 1. The largest absolute Gasteiger partial charge is 0.472 e. The second kappa shape index (κ2) is 6.76. The molecular formula is C13H11NO4. The minimum atomic E-state index is -1.21. The molecule has 0 aliphatic rings. The molecule has 2 N–H and O–H groups in total. The second-order valence-electron chi connectivity index (χ2n) is 3.15. The van der Waals surface area contributed by atoms with Crippen LogP contribution in [-0.2, 0) is 9.53 Å². The highest BCUT2D eigenvalue weighted by atomic mass is 16.5. The van der Waals surface area contributed by atoms with Crippen molar-refractivity contribution >= 4 is 17.7 Å². The lowest BCUT2D eigenvalue weighted by atomic mass is 10.2. The molecule has 0 atom stereocenters. The summed E-state index contributed by atoms with van der Waals surface area (Å²) in [5, 5.41) is 10.9. The van der Waals surface area contributed by atoms with Crippen molar-refractivity contribution in [3.05, 3.63) is 42.5 Å². The van der Waals surface area contributed by atoms with Gasteiger partial charge in [-0.3, -0.25) is 5.32 Å². The van der Waals surface area contributed by atoms with Gasteiger partial charge in [-0.05, 0) is 18.2 Å². The number of hydrogen-bond acceptors (Lipinski definition) is 3. The first-order valence-corrected chi connectivity index (χ1v) is 5.01. The SMILES string of the molecule is C=CCOC(=O)Nc1cccc(C#CC(=O)O)c1. The number of carbonyl (C=O) groups is 2. The minimum Gasteiger partial charge on any atom is -0.472 e. The van der Waals surface area contributed by atoms with E-state index in [4.69, 9.17) is 9.84 Å². The first-order chi connectivity index (χ1) is 8.61. The van der Waals surface area contributed by atoms with E-state index in [2.05, 4.69) is 17.8 Å². The Morgan fingerprint density at radius 1 is 1.50 bits per heavy atom. The smallest absolute Gasteiger partial charge is 0.411 e. The van der Waals surface area contributed by atoms with E-state index < -0.39 is 12.1 Å². The van der Waals surface area contributed by atoms with Gasteiger partial charge in [0.25, 0.3) is 0 Å². The summed E-state index contributed by atoms with van der Waals surface area (Å²) in [4.78, 5) is 21.5. The second-order valence-corrected chi connectivity index (χ2v) is 3.15. The van der Waals surface area contributed by atoms with Crippen molar-refractivity contribution in [3.63, 3.8) is 0 Å². The van der Waals surface area contributed by atoms with E-state index in [1.807, 2.05) is 5.92 Å². The van der Waals surface area contributed by atoms with Crippen LogP contribution in [0.15, 0.2) is 36.9 Å². The number of amides is 1. The predicted molar refractivity (Wildman–Crippen MR) is 66.1 cm³/mol. The van der Waals surface area contributed by atoms with E-state index in [1.54, 1.807) is 24.3 Å². The number of rotatable bonds is 3. The number of hydrogen-bond donors (Lipinski definition) is 2. The van der Waals surface area contributed by atoms with Crippen molar-refractivity contribution in [2.45, 2.75) is 0 Å². The van der Waals surface area contributed by atoms with E-state index in [9.17, 15) is 9.59 Å². The molecule has 0 bridgehead atoms. The van der Waals surface area contributed by atoms with Crippen molar-refractivity contribution in [3.8, 4) is 11.8 Å². The van der Waals surface area contributed by atoms with Crippen LogP contribution in [0.4, 0.5) is 10.5 Å². The molecule has 0 fully saturated rings. The summed E-state index contributed by atoms with van der Waals surface area (Å²) in [7, 11) is 0. The van der Waals surface area contributed by atoms with E-state index in [0.29, 0.717) is 11.3 Å². The molecule has 5 nitrogen and oxygen atoms in total. The van der Waals surface area contributed by atoms with Gasteiger partial charge in [0.1, 0.15) is 6.61 Å². The van der Waals surface area contributed by atoms with Gasteiger partial charge >= 0.3 is 12.1 Å². The minimum absolute atomic E-state index is 0.115. The van der Waals surface area contributed by atoms with Gasteiger partial charge in [0.2, 0.25) is 0 Å². The van der Waals surface area contributed by atoms with Crippen molar-refractivity contribution in [1.29, 1.82) is 0 Å². The number of aliphatic carboxylic acids is 1. The Hall–Kier alpha value is -2.74. The van der Waals surface area contributed by atoms with Crippen LogP contribution in [-0.4, -0.2) is 23.8 Å². The first-order valence-electron chi connectivity index (χ1n) is 5.01. The van der Waals surface area contributed by atoms with Crippen LogP contribution in [0, 0.1) is 11.8 Å². The van der Waals surface area contributed by atoms with Crippen molar-refractivity contribution in [2.75, 3.05) is 11.9 Å². The Morgan fingerprint density at radius 3 is 2.94 bits per heavy atom. The normalized spacial score (nSPS) is 8.67. The molecule has 0 saturated carbocycles. The predicted octanol–water partition coefficient (Wildman–Crippen LogP) is 1.86. The first kappa shape index (κ1) is 13.3. The zero-order chi connectivity index (χ0) is 13.4. The fraction of sp³-hybridized carbons (Fsp3) is 0.0769. The summed E-state index contributed by atoms with van der Waals surface area (Å²) >= 11 is 0. The molecule has 0 saturated heterocycles. The van der Waals surface area contributed by atoms with E-state index in [-0.39, 0.29) is 6.61 Å². The lowest BCUT2D eigenvalue weighted by molar-refractivity contribution is -0.130. The highest BCUT2D eigenvalue weighted by Crippen LogP contribution is 2.10. The van der Waals surface area contributed by atoms with Crippen molar-refractivity contribution < 1.29 is 19.4 Å². The number of nitrogens with one attached hydrogen (secondary N) is 1. The molecule has 0 aliphatic heterocycles. The van der Waals surface area contributed by atoms with Gasteiger partial charge in [-0.15, -0.1) is 0 Å². The van der Waals surface area contributed by atoms with Crippen LogP contribution in [0.5, 0.6) is 0 Å². The standard InChI is InChI=1S/C13H11NO4/c1-2-8-18-13(17)14-11-5-3-4-10(9-11)6-7-12(15)16/h2-5,9H,1,8H2,(H,14,17)(H,15,16). The molecule has 92 valence electrons. The average Bonchev–Trinajstić information content (AvgIpc) is 2.34. The average molecular weight is 245 g/mol. The molecule has 0 heterocycles. The number of carboxylic acid groups (broad SMARTS) is 1. The van der Waals surface area contributed by atoms with Gasteiger partial charge in [0.15, 0.2) is 0 Å². The molecular weight excluding hydrogens is 234 g/mol. The monoisotopic (exact) mass is 245 g/mol. The lowest BCUT2D eigenvalue weighted by Gasteiger charge is -2.05. The summed E-state index contributed by atoms with van der Waals surface area (Å²) in [5.41, 5.74) is 0.958. The number of ether oxygens (including phenoxy) is 1. The summed E-state index contributed by atoms with van der Waals surface area (Å²) < 4.78 is 4.73. The summed E-state index contributed by atoms with van der Waals surface area (Å²) in [6.07, 6.45) is 0.840. The van der Waals surface area contributed by atoms with Crippen molar-refractivity contribution in [2.24, 2.45) is 0 Å². The Bertz CT molecular complexity index is 525. The van der Waals surface area contributed by atoms with Crippen molar-refractivity contribution in [1.82, 2.24) is 0 Å². The maximum absolute atomic E-state index is 11.2.